The molecule has 0 saturated carbocycles. The predicted molar refractivity (Wildman–Crippen MR) is 136 cm³/mol. The van der Waals surface area contributed by atoms with Crippen LogP contribution in [-0.4, -0.2) is 54.9 Å². The Morgan fingerprint density at radius 1 is 1.09 bits per heavy atom. The number of nitrogens with zero attached hydrogens (tertiary/aromatic N) is 2. The van der Waals surface area contributed by atoms with Gasteiger partial charge in [-0.15, -0.1) is 24.8 Å². The topological polar surface area (TPSA) is 96.2 Å². The summed E-state index contributed by atoms with van der Waals surface area (Å²) in [6.45, 7) is 8.29. The van der Waals surface area contributed by atoms with E-state index < -0.39 is 0 Å². The molecule has 2 aromatic carbocycles. The van der Waals surface area contributed by atoms with Gasteiger partial charge in [-0.25, -0.2) is 0 Å². The fourth-order valence-electron chi connectivity index (χ4n) is 3.49. The number of fused-ring (bicyclic) bond motifs is 2. The molecule has 1 aliphatic rings. The van der Waals surface area contributed by atoms with Gasteiger partial charge in [0, 0.05) is 5.02 Å². The maximum atomic E-state index is 13.2. The number of carbonyl (C=O) groups is 2. The van der Waals surface area contributed by atoms with Crippen molar-refractivity contribution in [3.05, 3.63) is 53.1 Å². The first-order valence-corrected chi connectivity index (χ1v) is 10.4. The highest BCUT2D eigenvalue weighted by molar-refractivity contribution is 6.31. The molecule has 4 N–H and O–H groups in total. The van der Waals surface area contributed by atoms with E-state index in [9.17, 15) is 9.59 Å². The number of hydrogen-bond donors (Lipinski definition) is 2. The average Bonchev–Trinajstić information content (AvgIpc) is 2.84. The minimum Gasteiger partial charge on any atom is -0.412 e. The Labute approximate surface area is 206 Å². The van der Waals surface area contributed by atoms with Crippen molar-refractivity contribution >= 4 is 65.3 Å². The van der Waals surface area contributed by atoms with Gasteiger partial charge in [0.25, 0.3) is 5.91 Å². The normalized spacial score (nSPS) is 11.8. The van der Waals surface area contributed by atoms with Crippen molar-refractivity contribution in [2.45, 2.75) is 20.3 Å². The second-order valence-electron chi connectivity index (χ2n) is 6.92. The zero-order valence-corrected chi connectivity index (χ0v) is 20.6. The van der Waals surface area contributed by atoms with Crippen molar-refractivity contribution in [3.63, 3.8) is 0 Å². The molecule has 0 unspecified atom stereocenters. The van der Waals surface area contributed by atoms with E-state index in [-0.39, 0.29) is 48.6 Å². The summed E-state index contributed by atoms with van der Waals surface area (Å²) in [4.78, 5) is 29.8. The highest BCUT2D eigenvalue weighted by Gasteiger charge is 2.29. The molecule has 2 aromatic rings. The Hall–Kier alpha value is -1.87. The van der Waals surface area contributed by atoms with Gasteiger partial charge < -0.3 is 21.0 Å². The summed E-state index contributed by atoms with van der Waals surface area (Å²) < 4.78 is 0. The Morgan fingerprint density at radius 3 is 2.47 bits per heavy atom. The minimum atomic E-state index is -0.258. The Kier molecular flexibility index (Phi) is 13.5. The van der Waals surface area contributed by atoms with E-state index in [2.05, 4.69) is 29.4 Å². The van der Waals surface area contributed by atoms with Gasteiger partial charge in [0.2, 0.25) is 5.91 Å². The fourth-order valence-corrected chi connectivity index (χ4v) is 3.67. The number of benzene rings is 2. The number of hydrogen-bond acceptors (Lipinski definition) is 4. The third-order valence-corrected chi connectivity index (χ3v) is 5.32. The smallest absolute Gasteiger partial charge is 0.257 e. The van der Waals surface area contributed by atoms with E-state index in [0.717, 1.165) is 32.6 Å². The summed E-state index contributed by atoms with van der Waals surface area (Å²) in [5.74, 6) is -0.382. The molecule has 10 heteroatoms. The van der Waals surface area contributed by atoms with Gasteiger partial charge in [0.15, 0.2) is 0 Å². The molecule has 2 amide bonds. The lowest BCUT2D eigenvalue weighted by atomic mass is 10.1. The maximum absolute atomic E-state index is 13.2. The highest BCUT2D eigenvalue weighted by atomic mass is 35.5. The van der Waals surface area contributed by atoms with Crippen LogP contribution in [0.4, 0.5) is 17.1 Å². The van der Waals surface area contributed by atoms with Crippen LogP contribution in [0.2, 0.25) is 5.02 Å². The van der Waals surface area contributed by atoms with Crippen molar-refractivity contribution in [2.24, 2.45) is 0 Å². The zero-order chi connectivity index (χ0) is 20.8. The summed E-state index contributed by atoms with van der Waals surface area (Å²) in [6, 6.07) is 12.3. The quantitative estimate of drug-likeness (QED) is 0.532. The number of nitrogens with one attached hydrogen (secondary N) is 2. The number of para-hydroxylation sites is 1. The summed E-state index contributed by atoms with van der Waals surface area (Å²) >= 11 is 6.11. The van der Waals surface area contributed by atoms with Crippen LogP contribution in [0.1, 0.15) is 30.6 Å². The molecule has 0 aromatic heterocycles. The van der Waals surface area contributed by atoms with Gasteiger partial charge in [-0.3, -0.25) is 14.5 Å². The first kappa shape index (κ1) is 30.1. The Morgan fingerprint density at radius 2 is 1.78 bits per heavy atom. The molecule has 1 heterocycles. The number of amides is 2. The van der Waals surface area contributed by atoms with Crippen LogP contribution in [0.5, 0.6) is 0 Å². The van der Waals surface area contributed by atoms with Crippen LogP contribution in [0, 0.1) is 0 Å². The van der Waals surface area contributed by atoms with Crippen LogP contribution < -0.4 is 15.5 Å². The lowest BCUT2D eigenvalue weighted by Gasteiger charge is -2.24. The molecular weight excluding hydrogens is 475 g/mol. The van der Waals surface area contributed by atoms with Crippen LogP contribution in [0.3, 0.4) is 0 Å². The molecule has 178 valence electrons. The van der Waals surface area contributed by atoms with Crippen molar-refractivity contribution in [3.8, 4) is 0 Å². The van der Waals surface area contributed by atoms with E-state index in [1.807, 2.05) is 6.07 Å². The van der Waals surface area contributed by atoms with Crippen LogP contribution in [0.15, 0.2) is 42.5 Å². The number of halogens is 3. The molecular formula is C22H31Cl3N4O3. The van der Waals surface area contributed by atoms with Gasteiger partial charge in [0.1, 0.15) is 0 Å². The molecule has 0 atom stereocenters. The van der Waals surface area contributed by atoms with Crippen LogP contribution in [0.25, 0.3) is 0 Å². The molecule has 0 aliphatic carbocycles. The zero-order valence-electron chi connectivity index (χ0n) is 18.2. The third kappa shape index (κ3) is 7.07. The van der Waals surface area contributed by atoms with E-state index >= 15 is 0 Å². The SMILES string of the molecule is CCN(CC)CCCNCC(=O)N1c2ccc(Cl)cc2NC(=O)c2ccccc21.Cl.Cl.O. The molecule has 0 saturated heterocycles. The van der Waals surface area contributed by atoms with Gasteiger partial charge in [0.05, 0.1) is 29.2 Å². The molecule has 32 heavy (non-hydrogen) atoms. The molecule has 7 nitrogen and oxygen atoms in total. The summed E-state index contributed by atoms with van der Waals surface area (Å²) in [7, 11) is 0. The van der Waals surface area contributed by atoms with Gasteiger partial charge in [-0.05, 0) is 62.9 Å². The summed E-state index contributed by atoms with van der Waals surface area (Å²) in [5, 5.41) is 6.60. The van der Waals surface area contributed by atoms with E-state index in [1.54, 1.807) is 41.3 Å². The second-order valence-corrected chi connectivity index (χ2v) is 7.36. The molecule has 3 rings (SSSR count). The van der Waals surface area contributed by atoms with Gasteiger partial charge in [-0.1, -0.05) is 37.6 Å². The molecule has 1 aliphatic heterocycles. The van der Waals surface area contributed by atoms with Crippen molar-refractivity contribution in [1.82, 2.24) is 10.2 Å². The molecule has 0 radical (unpaired) electrons. The summed E-state index contributed by atoms with van der Waals surface area (Å²) in [6.07, 6.45) is 0.970. The first-order valence-electron chi connectivity index (χ1n) is 10.0. The van der Waals surface area contributed by atoms with E-state index in [1.165, 1.54) is 0 Å². The number of anilines is 3. The molecule has 0 spiro atoms. The average molecular weight is 506 g/mol. The Balaban J connectivity index is 0.00000320. The van der Waals surface area contributed by atoms with E-state index in [0.29, 0.717) is 27.6 Å². The van der Waals surface area contributed by atoms with Crippen molar-refractivity contribution < 1.29 is 15.1 Å². The fraction of sp³-hybridized carbons (Fsp3) is 0.364. The van der Waals surface area contributed by atoms with Crippen LogP contribution >= 0.6 is 36.4 Å². The largest absolute Gasteiger partial charge is 0.412 e. The standard InChI is InChI=1S/C22H27ClN4O2.2ClH.H2O/c1-3-26(4-2)13-7-12-24-15-21(28)27-19-9-6-5-8-17(19)22(29)25-18-14-16(23)10-11-20(18)27;;;/h5-6,8-11,14,24H,3-4,7,12-13,15H2,1-2H3,(H,25,29);2*1H;1H2. The predicted octanol–water partition coefficient (Wildman–Crippen LogP) is 3.91. The van der Waals surface area contributed by atoms with Crippen molar-refractivity contribution in [2.75, 3.05) is 42.9 Å². The van der Waals surface area contributed by atoms with Gasteiger partial charge in [-0.2, -0.15) is 0 Å². The minimum absolute atomic E-state index is 0. The maximum Gasteiger partial charge on any atom is 0.257 e. The number of carbonyl (C=O) groups excluding carboxylic acids is 2. The third-order valence-electron chi connectivity index (χ3n) is 5.09. The van der Waals surface area contributed by atoms with Gasteiger partial charge >= 0.3 is 0 Å². The first-order chi connectivity index (χ1) is 14.0. The Bertz CT molecular complexity index is 894. The van der Waals surface area contributed by atoms with Crippen LogP contribution in [-0.2, 0) is 4.79 Å². The lowest BCUT2D eigenvalue weighted by molar-refractivity contribution is -0.117. The second kappa shape index (κ2) is 14.3. The lowest BCUT2D eigenvalue weighted by Crippen LogP contribution is -2.36. The monoisotopic (exact) mass is 504 g/mol. The summed E-state index contributed by atoms with van der Waals surface area (Å²) in [5.41, 5.74) is 2.16. The highest BCUT2D eigenvalue weighted by Crippen LogP contribution is 2.39. The molecule has 0 bridgehead atoms. The van der Waals surface area contributed by atoms with E-state index in [4.69, 9.17) is 11.6 Å². The molecule has 0 fully saturated rings. The van der Waals surface area contributed by atoms with Crippen molar-refractivity contribution in [1.29, 1.82) is 0 Å². The number of rotatable bonds is 8.